The average molecular weight is 346 g/mol. The second kappa shape index (κ2) is 10.5. The van der Waals surface area contributed by atoms with Crippen LogP contribution in [0.4, 0.5) is 0 Å². The van der Waals surface area contributed by atoms with Gasteiger partial charge < -0.3 is 21.3 Å². The van der Waals surface area contributed by atoms with Crippen molar-refractivity contribution in [2.45, 2.75) is 19.0 Å². The van der Waals surface area contributed by atoms with Crippen molar-refractivity contribution in [3.63, 3.8) is 0 Å². The molecule has 0 aromatic rings. The Balaban J connectivity index is 0. The van der Waals surface area contributed by atoms with Crippen molar-refractivity contribution < 1.29 is 41.7 Å². The maximum Gasteiger partial charge on any atom is 0.327 e. The summed E-state index contributed by atoms with van der Waals surface area (Å²) in [7, 11) is 2.31. The van der Waals surface area contributed by atoms with Gasteiger partial charge in [-0.1, -0.05) is 21.6 Å². The Morgan fingerprint density at radius 2 is 1.67 bits per heavy atom. The number of carbonyl (C=O) groups is 3. The van der Waals surface area contributed by atoms with Crippen LogP contribution in [0.3, 0.4) is 0 Å². The van der Waals surface area contributed by atoms with E-state index in [0.29, 0.717) is 0 Å². The van der Waals surface area contributed by atoms with Crippen molar-refractivity contribution in [2.24, 2.45) is 5.73 Å². The van der Waals surface area contributed by atoms with Crippen molar-refractivity contribution >= 4 is 39.4 Å². The predicted molar refractivity (Wildman–Crippen MR) is 65.8 cm³/mol. The average Bonchev–Trinajstić information content (AvgIpc) is 2.21. The number of hydrogen-bond acceptors (Lipinski definition) is 6. The molecule has 0 aromatic heterocycles. The summed E-state index contributed by atoms with van der Waals surface area (Å²) in [5, 5.41) is 19.5. The molecule has 0 spiro atoms. The standard InChI is InChI=1S/C8H14N2O5S2.Cu/c1-4(11)10-6(8(14)15)3-17-16-2-5(9)7(12)13;/h5-6H,2-3,9H2,1H3,(H,10,11)(H,12,13)(H,14,15);. The molecule has 0 aromatic carbocycles. The summed E-state index contributed by atoms with van der Waals surface area (Å²) in [6, 6.07) is -1.96. The van der Waals surface area contributed by atoms with Crippen LogP contribution in [-0.2, 0) is 31.5 Å². The predicted octanol–water partition coefficient (Wildman–Crippen LogP) is -0.633. The molecule has 1 amide bonds. The smallest absolute Gasteiger partial charge is 0.327 e. The van der Waals surface area contributed by atoms with E-state index in [1.807, 2.05) is 0 Å². The monoisotopic (exact) mass is 345 g/mol. The first kappa shape index (κ1) is 19.9. The van der Waals surface area contributed by atoms with E-state index in [0.717, 1.165) is 21.6 Å². The molecule has 0 saturated heterocycles. The molecule has 109 valence electrons. The molecule has 2 unspecified atom stereocenters. The van der Waals surface area contributed by atoms with Gasteiger partial charge in [-0.2, -0.15) is 0 Å². The number of nitrogens with two attached hydrogens (primary N) is 1. The summed E-state index contributed by atoms with van der Waals surface area (Å²) in [6.07, 6.45) is 0. The Hall–Kier alpha value is -0.411. The van der Waals surface area contributed by atoms with Crippen LogP contribution in [0, 0.1) is 0 Å². The molecule has 5 N–H and O–H groups in total. The molecule has 0 heterocycles. The molecule has 18 heavy (non-hydrogen) atoms. The van der Waals surface area contributed by atoms with Crippen LogP contribution in [0.25, 0.3) is 0 Å². The number of carboxylic acid groups (broad SMARTS) is 2. The first-order valence-corrected chi connectivity index (χ1v) is 7.06. The van der Waals surface area contributed by atoms with Gasteiger partial charge in [0.25, 0.3) is 0 Å². The van der Waals surface area contributed by atoms with Crippen molar-refractivity contribution in [3.8, 4) is 0 Å². The van der Waals surface area contributed by atoms with Crippen molar-refractivity contribution in [2.75, 3.05) is 11.5 Å². The summed E-state index contributed by atoms with van der Waals surface area (Å²) in [4.78, 5) is 31.8. The largest absolute Gasteiger partial charge is 0.480 e. The number of aliphatic carboxylic acids is 2. The van der Waals surface area contributed by atoms with Gasteiger partial charge in [0.05, 0.1) is 0 Å². The zero-order chi connectivity index (χ0) is 13.4. The molecule has 10 heteroatoms. The number of nitrogens with one attached hydrogen (secondary N) is 1. The summed E-state index contributed by atoms with van der Waals surface area (Å²) >= 11 is 0. The molecule has 0 fully saturated rings. The fourth-order valence-electron chi connectivity index (χ4n) is 0.729. The van der Waals surface area contributed by atoms with Gasteiger partial charge >= 0.3 is 11.9 Å². The molecule has 0 aliphatic heterocycles. The van der Waals surface area contributed by atoms with Crippen LogP contribution in [0.2, 0.25) is 0 Å². The molecule has 0 rings (SSSR count). The zero-order valence-corrected chi connectivity index (χ0v) is 12.0. The minimum atomic E-state index is -1.13. The summed E-state index contributed by atoms with van der Waals surface area (Å²) in [6.45, 7) is 1.23. The SMILES string of the molecule is CC(=O)NC(CSSCC(N)C(=O)O)C(=O)O.[Cu]. The van der Waals surface area contributed by atoms with Gasteiger partial charge in [0, 0.05) is 35.5 Å². The third-order valence-electron chi connectivity index (χ3n) is 1.56. The van der Waals surface area contributed by atoms with E-state index in [2.05, 4.69) is 5.32 Å². The molecule has 7 nitrogen and oxygen atoms in total. The summed E-state index contributed by atoms with van der Waals surface area (Å²) < 4.78 is 0. The molecular weight excluding hydrogens is 332 g/mol. The van der Waals surface area contributed by atoms with Crippen molar-refractivity contribution in [1.82, 2.24) is 5.32 Å². The van der Waals surface area contributed by atoms with Gasteiger partial charge in [-0.25, -0.2) is 4.79 Å². The molecule has 1 radical (unpaired) electrons. The molecule has 2 atom stereocenters. The quantitative estimate of drug-likeness (QED) is 0.260. The van der Waals surface area contributed by atoms with Gasteiger partial charge in [-0.3, -0.25) is 9.59 Å². The van der Waals surface area contributed by atoms with Crippen LogP contribution in [0.1, 0.15) is 6.92 Å². The van der Waals surface area contributed by atoms with Gasteiger partial charge in [0.2, 0.25) is 5.91 Å². The van der Waals surface area contributed by atoms with Crippen LogP contribution in [0.5, 0.6) is 0 Å². The third-order valence-corrected chi connectivity index (χ3v) is 4.01. The number of carbonyl (C=O) groups excluding carboxylic acids is 1. The Kier molecular flexibility index (Phi) is 11.6. The topological polar surface area (TPSA) is 130 Å². The fourth-order valence-corrected chi connectivity index (χ4v) is 3.00. The maximum atomic E-state index is 10.7. The first-order chi connectivity index (χ1) is 7.84. The molecule has 0 bridgehead atoms. The summed E-state index contributed by atoms with van der Waals surface area (Å²) in [5.41, 5.74) is 5.25. The van der Waals surface area contributed by atoms with Crippen molar-refractivity contribution in [3.05, 3.63) is 0 Å². The van der Waals surface area contributed by atoms with E-state index in [1.165, 1.54) is 6.92 Å². The van der Waals surface area contributed by atoms with Crippen LogP contribution >= 0.6 is 21.6 Å². The van der Waals surface area contributed by atoms with Gasteiger partial charge in [0.1, 0.15) is 12.1 Å². The molecular formula is C8H14CuN2O5S2. The number of amides is 1. The molecule has 0 saturated carbocycles. The Labute approximate surface area is 122 Å². The number of rotatable bonds is 8. The van der Waals surface area contributed by atoms with Crippen LogP contribution in [0.15, 0.2) is 0 Å². The van der Waals surface area contributed by atoms with E-state index in [-0.39, 0.29) is 28.6 Å². The Morgan fingerprint density at radius 1 is 1.17 bits per heavy atom. The van der Waals surface area contributed by atoms with E-state index in [1.54, 1.807) is 0 Å². The first-order valence-electron chi connectivity index (χ1n) is 4.57. The fraction of sp³-hybridized carbons (Fsp3) is 0.625. The molecule has 0 aliphatic rings. The van der Waals surface area contributed by atoms with Gasteiger partial charge in [0.15, 0.2) is 0 Å². The van der Waals surface area contributed by atoms with Crippen LogP contribution < -0.4 is 11.1 Å². The summed E-state index contributed by atoms with van der Waals surface area (Å²) in [5.74, 6) is -2.34. The van der Waals surface area contributed by atoms with Gasteiger partial charge in [-0.05, 0) is 0 Å². The molecule has 0 aliphatic carbocycles. The van der Waals surface area contributed by atoms with E-state index in [4.69, 9.17) is 15.9 Å². The minimum absolute atomic E-state index is 0. The Morgan fingerprint density at radius 3 is 2.06 bits per heavy atom. The van der Waals surface area contributed by atoms with Gasteiger partial charge in [-0.15, -0.1) is 0 Å². The van der Waals surface area contributed by atoms with Crippen molar-refractivity contribution in [1.29, 1.82) is 0 Å². The van der Waals surface area contributed by atoms with Crippen LogP contribution in [-0.4, -0.2) is 51.6 Å². The third kappa shape index (κ3) is 9.60. The normalized spacial score (nSPS) is 13.0. The van der Waals surface area contributed by atoms with E-state index < -0.39 is 29.9 Å². The second-order valence-electron chi connectivity index (χ2n) is 3.11. The Bertz CT molecular complexity index is 305. The van der Waals surface area contributed by atoms with E-state index >= 15 is 0 Å². The second-order valence-corrected chi connectivity index (χ2v) is 5.66. The minimum Gasteiger partial charge on any atom is -0.480 e. The number of carboxylic acids is 2. The zero-order valence-electron chi connectivity index (χ0n) is 9.38. The maximum absolute atomic E-state index is 10.7. The number of hydrogen-bond donors (Lipinski definition) is 4. The van der Waals surface area contributed by atoms with E-state index in [9.17, 15) is 14.4 Å².